The van der Waals surface area contributed by atoms with E-state index in [0.717, 1.165) is 0 Å². The average Bonchev–Trinajstić information content (AvgIpc) is 3.05. The SMILES string of the molecule is O=C(c1ccccc1)c1noc2c1C(=O)c1ccccc1C2=O. The fourth-order valence-corrected chi connectivity index (χ4v) is 2.67. The first kappa shape index (κ1) is 13.3. The zero-order valence-corrected chi connectivity index (χ0v) is 11.8. The number of carbonyl (C=O) groups is 3. The van der Waals surface area contributed by atoms with Crippen LogP contribution in [0.4, 0.5) is 0 Å². The zero-order valence-electron chi connectivity index (χ0n) is 11.8. The van der Waals surface area contributed by atoms with Crippen LogP contribution in [0.2, 0.25) is 0 Å². The van der Waals surface area contributed by atoms with Crippen LogP contribution < -0.4 is 0 Å². The van der Waals surface area contributed by atoms with Gasteiger partial charge in [-0.1, -0.05) is 59.8 Å². The lowest BCUT2D eigenvalue weighted by Crippen LogP contribution is -2.21. The molecule has 1 aromatic heterocycles. The zero-order chi connectivity index (χ0) is 16.0. The molecular weight excluding hydrogens is 294 g/mol. The minimum Gasteiger partial charge on any atom is -0.351 e. The van der Waals surface area contributed by atoms with Crippen LogP contribution in [0.5, 0.6) is 0 Å². The number of aromatic nitrogens is 1. The maximum Gasteiger partial charge on any atom is 0.232 e. The van der Waals surface area contributed by atoms with Gasteiger partial charge >= 0.3 is 0 Å². The molecule has 3 aromatic rings. The van der Waals surface area contributed by atoms with Gasteiger partial charge in [0.2, 0.25) is 17.3 Å². The topological polar surface area (TPSA) is 77.2 Å². The highest BCUT2D eigenvalue weighted by Crippen LogP contribution is 2.30. The fourth-order valence-electron chi connectivity index (χ4n) is 2.67. The maximum atomic E-state index is 12.7. The molecule has 1 heterocycles. The number of benzene rings is 2. The molecule has 1 aliphatic rings. The molecule has 0 saturated heterocycles. The van der Waals surface area contributed by atoms with Crippen molar-refractivity contribution in [2.45, 2.75) is 0 Å². The molecule has 5 heteroatoms. The number of fused-ring (bicyclic) bond motifs is 2. The number of nitrogens with zero attached hydrogens (tertiary/aromatic N) is 1. The molecule has 0 atom stereocenters. The van der Waals surface area contributed by atoms with Crippen LogP contribution in [0.3, 0.4) is 0 Å². The van der Waals surface area contributed by atoms with E-state index in [1.165, 1.54) is 0 Å². The minimum atomic E-state index is -0.448. The summed E-state index contributed by atoms with van der Waals surface area (Å²) in [5.74, 6) is -1.48. The highest BCUT2D eigenvalue weighted by atomic mass is 16.5. The molecule has 1 aliphatic carbocycles. The van der Waals surface area contributed by atoms with Gasteiger partial charge in [-0.05, 0) is 0 Å². The van der Waals surface area contributed by atoms with Crippen LogP contribution in [0.25, 0.3) is 0 Å². The predicted octanol–water partition coefficient (Wildman–Crippen LogP) is 2.68. The summed E-state index contributed by atoms with van der Waals surface area (Å²) in [6.07, 6.45) is 0. The lowest BCUT2D eigenvalue weighted by molar-refractivity contribution is 0.0954. The Hall–Kier alpha value is -3.34. The summed E-state index contributed by atoms with van der Waals surface area (Å²) < 4.78 is 5.03. The number of carbonyl (C=O) groups excluding carboxylic acids is 3. The third kappa shape index (κ3) is 1.87. The fraction of sp³-hybridized carbons (Fsp3) is 0. The summed E-state index contributed by atoms with van der Waals surface area (Å²) >= 11 is 0. The Morgan fingerprint density at radius 3 is 2.13 bits per heavy atom. The van der Waals surface area contributed by atoms with Gasteiger partial charge in [0.05, 0.1) is 0 Å². The molecule has 0 N–H and O–H groups in total. The van der Waals surface area contributed by atoms with Gasteiger partial charge in [0.25, 0.3) is 0 Å². The second kappa shape index (κ2) is 4.84. The number of ketones is 3. The molecule has 0 unspecified atom stereocenters. The van der Waals surface area contributed by atoms with Crippen LogP contribution in [0.15, 0.2) is 59.1 Å². The molecule has 0 saturated carbocycles. The molecule has 0 radical (unpaired) electrons. The molecule has 23 heavy (non-hydrogen) atoms. The van der Waals surface area contributed by atoms with Crippen molar-refractivity contribution < 1.29 is 18.9 Å². The van der Waals surface area contributed by atoms with Crippen molar-refractivity contribution in [3.8, 4) is 0 Å². The summed E-state index contributed by atoms with van der Waals surface area (Å²) in [6.45, 7) is 0. The summed E-state index contributed by atoms with van der Waals surface area (Å²) in [6, 6.07) is 14.9. The van der Waals surface area contributed by atoms with Crippen molar-refractivity contribution in [3.05, 3.63) is 88.3 Å². The van der Waals surface area contributed by atoms with E-state index < -0.39 is 17.3 Å². The third-order valence-electron chi connectivity index (χ3n) is 3.79. The van der Waals surface area contributed by atoms with Crippen molar-refractivity contribution in [1.29, 1.82) is 0 Å². The summed E-state index contributed by atoms with van der Waals surface area (Å²) in [7, 11) is 0. The molecule has 4 rings (SSSR count). The minimum absolute atomic E-state index is 0.0532. The molecular formula is C18H9NO4. The van der Waals surface area contributed by atoms with E-state index in [2.05, 4.69) is 5.16 Å². The Labute approximate surface area is 130 Å². The van der Waals surface area contributed by atoms with Crippen molar-refractivity contribution in [2.24, 2.45) is 0 Å². The molecule has 0 spiro atoms. The van der Waals surface area contributed by atoms with Crippen molar-refractivity contribution in [1.82, 2.24) is 5.16 Å². The first-order valence-electron chi connectivity index (χ1n) is 6.96. The van der Waals surface area contributed by atoms with Crippen LogP contribution in [-0.4, -0.2) is 22.5 Å². The Morgan fingerprint density at radius 1 is 0.826 bits per heavy atom. The Kier molecular flexibility index (Phi) is 2.81. The summed E-state index contributed by atoms with van der Waals surface area (Å²) in [5.41, 5.74) is 0.722. The number of rotatable bonds is 2. The van der Waals surface area contributed by atoms with Gasteiger partial charge in [0.1, 0.15) is 5.56 Å². The molecule has 0 fully saturated rings. The quantitative estimate of drug-likeness (QED) is 0.532. The van der Waals surface area contributed by atoms with Gasteiger partial charge in [0, 0.05) is 16.7 Å². The van der Waals surface area contributed by atoms with Crippen LogP contribution >= 0.6 is 0 Å². The van der Waals surface area contributed by atoms with E-state index in [9.17, 15) is 14.4 Å². The molecule has 0 amide bonds. The molecule has 110 valence electrons. The predicted molar refractivity (Wildman–Crippen MR) is 79.7 cm³/mol. The second-order valence-corrected chi connectivity index (χ2v) is 5.13. The van der Waals surface area contributed by atoms with Gasteiger partial charge in [0.15, 0.2) is 11.5 Å². The van der Waals surface area contributed by atoms with E-state index >= 15 is 0 Å². The van der Waals surface area contributed by atoms with Gasteiger partial charge in [-0.15, -0.1) is 0 Å². The first-order valence-corrected chi connectivity index (χ1v) is 6.96. The number of hydrogen-bond acceptors (Lipinski definition) is 5. The summed E-state index contributed by atoms with van der Waals surface area (Å²) in [5, 5.41) is 3.69. The standard InChI is InChI=1S/C18H9NO4/c20-15(10-6-2-1-3-7-10)14-13-16(21)11-8-4-5-9-12(11)17(22)18(13)23-19-14/h1-9H. The van der Waals surface area contributed by atoms with E-state index in [1.54, 1.807) is 54.6 Å². The Balaban J connectivity index is 1.89. The average molecular weight is 303 g/mol. The van der Waals surface area contributed by atoms with Gasteiger partial charge in [-0.3, -0.25) is 14.4 Å². The highest BCUT2D eigenvalue weighted by molar-refractivity contribution is 6.30. The maximum absolute atomic E-state index is 12.7. The number of hydrogen-bond donors (Lipinski definition) is 0. The molecule has 5 nitrogen and oxygen atoms in total. The van der Waals surface area contributed by atoms with Crippen LogP contribution in [0, 0.1) is 0 Å². The summed E-state index contributed by atoms with van der Waals surface area (Å²) in [4.78, 5) is 37.7. The third-order valence-corrected chi connectivity index (χ3v) is 3.79. The van der Waals surface area contributed by atoms with E-state index in [4.69, 9.17) is 4.52 Å². The Morgan fingerprint density at radius 2 is 1.43 bits per heavy atom. The van der Waals surface area contributed by atoms with Crippen LogP contribution in [-0.2, 0) is 0 Å². The smallest absolute Gasteiger partial charge is 0.232 e. The largest absolute Gasteiger partial charge is 0.351 e. The van der Waals surface area contributed by atoms with Gasteiger partial charge < -0.3 is 4.52 Å². The van der Waals surface area contributed by atoms with Crippen molar-refractivity contribution >= 4 is 17.3 Å². The van der Waals surface area contributed by atoms with Gasteiger partial charge in [-0.2, -0.15) is 0 Å². The van der Waals surface area contributed by atoms with Crippen molar-refractivity contribution in [3.63, 3.8) is 0 Å². The van der Waals surface area contributed by atoms with E-state index in [0.29, 0.717) is 5.56 Å². The normalized spacial score (nSPS) is 12.7. The second-order valence-electron chi connectivity index (χ2n) is 5.13. The van der Waals surface area contributed by atoms with E-state index in [-0.39, 0.29) is 28.1 Å². The van der Waals surface area contributed by atoms with Gasteiger partial charge in [-0.25, -0.2) is 0 Å². The Bertz CT molecular complexity index is 970. The monoisotopic (exact) mass is 303 g/mol. The molecule has 0 aliphatic heterocycles. The van der Waals surface area contributed by atoms with Crippen LogP contribution in [0.1, 0.15) is 48.1 Å². The van der Waals surface area contributed by atoms with E-state index in [1.807, 2.05) is 0 Å². The highest BCUT2D eigenvalue weighted by Gasteiger charge is 2.38. The first-order chi connectivity index (χ1) is 11.2. The molecule has 0 bridgehead atoms. The lowest BCUT2D eigenvalue weighted by atomic mass is 9.86. The lowest BCUT2D eigenvalue weighted by Gasteiger charge is -2.12. The molecule has 2 aromatic carbocycles. The van der Waals surface area contributed by atoms with Crippen molar-refractivity contribution in [2.75, 3.05) is 0 Å².